The van der Waals surface area contributed by atoms with E-state index in [2.05, 4.69) is 15.2 Å². The molecule has 2 aromatic carbocycles. The Labute approximate surface area is 233 Å². The van der Waals surface area contributed by atoms with Crippen molar-refractivity contribution >= 4 is 35.2 Å². The summed E-state index contributed by atoms with van der Waals surface area (Å²) in [4.78, 5) is 31.3. The second-order valence-electron chi connectivity index (χ2n) is 10.1. The van der Waals surface area contributed by atoms with Crippen molar-refractivity contribution < 1.29 is 14.3 Å². The number of nitrogens with zero attached hydrogens (tertiary/aromatic N) is 2. The average Bonchev–Trinajstić information content (AvgIpc) is 3.30. The van der Waals surface area contributed by atoms with Crippen molar-refractivity contribution in [3.8, 4) is 16.9 Å². The fourth-order valence-corrected chi connectivity index (χ4v) is 6.09. The molecule has 1 saturated carbocycles. The number of ether oxygens (including phenoxy) is 1. The highest BCUT2D eigenvalue weighted by molar-refractivity contribution is 6.36. The van der Waals surface area contributed by atoms with Crippen LogP contribution in [0.3, 0.4) is 0 Å². The third-order valence-corrected chi connectivity index (χ3v) is 8.22. The van der Waals surface area contributed by atoms with Crippen molar-refractivity contribution in [1.29, 1.82) is 0 Å². The Morgan fingerprint density at radius 3 is 2.32 bits per heavy atom. The van der Waals surface area contributed by atoms with Crippen LogP contribution < -0.4 is 10.1 Å². The van der Waals surface area contributed by atoms with E-state index in [9.17, 15) is 9.59 Å². The van der Waals surface area contributed by atoms with Crippen LogP contribution in [0.15, 0.2) is 60.9 Å². The van der Waals surface area contributed by atoms with Crippen LogP contribution in [0, 0.1) is 5.92 Å². The second-order valence-corrected chi connectivity index (χ2v) is 10.9. The van der Waals surface area contributed by atoms with Gasteiger partial charge in [0.25, 0.3) is 0 Å². The van der Waals surface area contributed by atoms with E-state index >= 15 is 0 Å². The lowest BCUT2D eigenvalue weighted by Gasteiger charge is -2.31. The van der Waals surface area contributed by atoms with Gasteiger partial charge in [0.1, 0.15) is 5.75 Å². The number of likely N-dealkylation sites (tertiary alicyclic amines) is 1. The average molecular weight is 553 g/mol. The van der Waals surface area contributed by atoms with Gasteiger partial charge in [-0.1, -0.05) is 54.6 Å². The molecule has 8 heteroatoms. The number of halogens is 2. The van der Waals surface area contributed by atoms with Crippen LogP contribution in [0.1, 0.15) is 49.7 Å². The van der Waals surface area contributed by atoms with Gasteiger partial charge in [0.05, 0.1) is 0 Å². The molecule has 2 fully saturated rings. The lowest BCUT2D eigenvalue weighted by atomic mass is 9.93. The molecule has 5 rings (SSSR count). The molecule has 3 aromatic rings. The summed E-state index contributed by atoms with van der Waals surface area (Å²) in [5.41, 5.74) is 3.51. The lowest BCUT2D eigenvalue weighted by Crippen LogP contribution is -2.39. The summed E-state index contributed by atoms with van der Waals surface area (Å²) >= 11 is 13.4. The number of nitrogens with one attached hydrogen (secondary N) is 1. The minimum atomic E-state index is -0.534. The van der Waals surface area contributed by atoms with E-state index in [4.69, 9.17) is 27.9 Å². The van der Waals surface area contributed by atoms with E-state index < -0.39 is 6.09 Å². The number of amides is 2. The predicted molar refractivity (Wildman–Crippen MR) is 149 cm³/mol. The molecule has 0 radical (unpaired) electrons. The van der Waals surface area contributed by atoms with Gasteiger partial charge >= 0.3 is 6.09 Å². The maximum absolute atomic E-state index is 13.1. The van der Waals surface area contributed by atoms with E-state index in [0.29, 0.717) is 34.8 Å². The largest absolute Gasteiger partial charge is 0.412 e. The fourth-order valence-electron chi connectivity index (χ4n) is 5.45. The van der Waals surface area contributed by atoms with Crippen LogP contribution >= 0.6 is 23.2 Å². The first-order chi connectivity index (χ1) is 18.5. The molecular formula is C30H31Cl2N3O3. The second kappa shape index (κ2) is 12.2. The van der Waals surface area contributed by atoms with Crippen LogP contribution in [0.4, 0.5) is 4.79 Å². The summed E-state index contributed by atoms with van der Waals surface area (Å²) < 4.78 is 5.38. The molecule has 1 unspecified atom stereocenters. The van der Waals surface area contributed by atoms with Crippen molar-refractivity contribution in [3.63, 3.8) is 0 Å². The molecule has 1 saturated heterocycles. The normalized spacial score (nSPS) is 18.0. The molecule has 1 aliphatic heterocycles. The maximum atomic E-state index is 13.1. The first kappa shape index (κ1) is 26.5. The highest BCUT2D eigenvalue weighted by Gasteiger charge is 2.36. The van der Waals surface area contributed by atoms with Crippen LogP contribution in [0.2, 0.25) is 10.0 Å². The summed E-state index contributed by atoms with van der Waals surface area (Å²) in [5.74, 6) is 0.601. The quantitative estimate of drug-likeness (QED) is 0.341. The maximum Gasteiger partial charge on any atom is 0.412 e. The van der Waals surface area contributed by atoms with Crippen molar-refractivity contribution in [3.05, 3.63) is 82.1 Å². The molecule has 1 aromatic heterocycles. The smallest absolute Gasteiger partial charge is 0.410 e. The van der Waals surface area contributed by atoms with Crippen LogP contribution in [0.5, 0.6) is 5.75 Å². The number of carbonyl (C=O) groups is 2. The summed E-state index contributed by atoms with van der Waals surface area (Å²) in [6.07, 6.45) is 10.2. The molecule has 6 nitrogen and oxygen atoms in total. The van der Waals surface area contributed by atoms with Crippen molar-refractivity contribution in [2.75, 3.05) is 6.54 Å². The molecule has 1 N–H and O–H groups in total. The third-order valence-electron chi connectivity index (χ3n) is 7.54. The SMILES string of the molecule is O=C(NCc1ccncc1)Oc1ccc(-c2cc(Cl)c(CC3CCN(C4CCCCC4)C3=O)c(Cl)c2)cc1. The van der Waals surface area contributed by atoms with Crippen LogP contribution in [-0.4, -0.2) is 34.5 Å². The number of aromatic nitrogens is 1. The number of rotatable bonds is 7. The monoisotopic (exact) mass is 551 g/mol. The van der Waals surface area contributed by atoms with Gasteiger partial charge in [-0.25, -0.2) is 4.79 Å². The Morgan fingerprint density at radius 1 is 0.947 bits per heavy atom. The Hall–Kier alpha value is -3.09. The zero-order chi connectivity index (χ0) is 26.5. The number of hydrogen-bond acceptors (Lipinski definition) is 4. The van der Waals surface area contributed by atoms with E-state index in [1.54, 1.807) is 24.5 Å². The number of pyridine rings is 1. The summed E-state index contributed by atoms with van der Waals surface area (Å²) in [6.45, 7) is 1.19. The van der Waals surface area contributed by atoms with Gasteiger partial charge in [-0.05, 0) is 84.3 Å². The van der Waals surface area contributed by atoms with E-state index in [-0.39, 0.29) is 11.8 Å². The van der Waals surface area contributed by atoms with E-state index in [1.807, 2.05) is 36.4 Å². The highest BCUT2D eigenvalue weighted by atomic mass is 35.5. The van der Waals surface area contributed by atoms with Gasteiger partial charge < -0.3 is 15.0 Å². The zero-order valence-corrected chi connectivity index (χ0v) is 22.7. The van der Waals surface area contributed by atoms with Crippen LogP contribution in [-0.2, 0) is 17.8 Å². The van der Waals surface area contributed by atoms with Crippen molar-refractivity contribution in [2.45, 2.75) is 57.5 Å². The van der Waals surface area contributed by atoms with Gasteiger partial charge in [-0.3, -0.25) is 9.78 Å². The first-order valence-corrected chi connectivity index (χ1v) is 14.0. The summed E-state index contributed by atoms with van der Waals surface area (Å²) in [6, 6.07) is 15.0. The van der Waals surface area contributed by atoms with E-state index in [1.165, 1.54) is 19.3 Å². The molecule has 198 valence electrons. The molecule has 1 aliphatic carbocycles. The predicted octanol–water partition coefficient (Wildman–Crippen LogP) is 7.07. The molecule has 0 bridgehead atoms. The van der Waals surface area contributed by atoms with Gasteiger partial charge in [0.15, 0.2) is 0 Å². The molecule has 2 aliphatic rings. The Morgan fingerprint density at radius 2 is 1.63 bits per heavy atom. The number of carbonyl (C=O) groups excluding carboxylic acids is 2. The molecular weight excluding hydrogens is 521 g/mol. The lowest BCUT2D eigenvalue weighted by molar-refractivity contribution is -0.133. The third kappa shape index (κ3) is 6.30. The molecule has 0 spiro atoms. The van der Waals surface area contributed by atoms with Gasteiger partial charge in [0, 0.05) is 47.5 Å². The summed E-state index contributed by atoms with van der Waals surface area (Å²) in [7, 11) is 0. The highest BCUT2D eigenvalue weighted by Crippen LogP contribution is 2.37. The zero-order valence-electron chi connectivity index (χ0n) is 21.2. The molecule has 1 atom stereocenters. The minimum Gasteiger partial charge on any atom is -0.410 e. The molecule has 38 heavy (non-hydrogen) atoms. The number of hydrogen-bond donors (Lipinski definition) is 1. The number of benzene rings is 2. The topological polar surface area (TPSA) is 71.5 Å². The fraction of sp³-hybridized carbons (Fsp3) is 0.367. The van der Waals surface area contributed by atoms with Gasteiger partial charge in [0.2, 0.25) is 5.91 Å². The Balaban J connectivity index is 1.20. The Kier molecular flexibility index (Phi) is 8.50. The molecule has 2 amide bonds. The minimum absolute atomic E-state index is 0.0705. The Bertz CT molecular complexity index is 1250. The van der Waals surface area contributed by atoms with E-state index in [0.717, 1.165) is 48.1 Å². The summed E-state index contributed by atoms with van der Waals surface area (Å²) in [5, 5.41) is 3.84. The standard InChI is InChI=1S/C30H31Cl2N3O3/c31-27-17-23(21-6-8-25(9-7-21)38-30(37)34-19-20-10-13-33-14-11-20)18-28(32)26(27)16-22-12-15-35(29(22)36)24-4-2-1-3-5-24/h6-11,13-14,17-18,22,24H,1-5,12,15-16,19H2,(H,34,37). The molecule has 2 heterocycles. The van der Waals surface area contributed by atoms with Gasteiger partial charge in [-0.2, -0.15) is 0 Å². The van der Waals surface area contributed by atoms with Gasteiger partial charge in [-0.15, -0.1) is 0 Å². The van der Waals surface area contributed by atoms with Crippen molar-refractivity contribution in [2.24, 2.45) is 5.92 Å². The van der Waals surface area contributed by atoms with Crippen LogP contribution in [0.25, 0.3) is 11.1 Å². The first-order valence-electron chi connectivity index (χ1n) is 13.2. The van der Waals surface area contributed by atoms with Crippen molar-refractivity contribution in [1.82, 2.24) is 15.2 Å².